The van der Waals surface area contributed by atoms with E-state index < -0.39 is 0 Å². The molecule has 0 unspecified atom stereocenters. The van der Waals surface area contributed by atoms with E-state index >= 15 is 0 Å². The van der Waals surface area contributed by atoms with Crippen LogP contribution in [0.3, 0.4) is 0 Å². The Labute approximate surface area is 94.7 Å². The van der Waals surface area contributed by atoms with Crippen LogP contribution >= 0.6 is 0 Å². The van der Waals surface area contributed by atoms with Crippen molar-refractivity contribution in [3.05, 3.63) is 51.9 Å². The molecule has 0 bridgehead atoms. The van der Waals surface area contributed by atoms with Gasteiger partial charge in [0.05, 0.1) is 5.69 Å². The van der Waals surface area contributed by atoms with Gasteiger partial charge in [-0.05, 0) is 30.5 Å². The first-order valence-electron chi connectivity index (χ1n) is 5.47. The number of nitrogens with zero attached hydrogens (tertiary/aromatic N) is 1. The molecule has 0 aliphatic carbocycles. The van der Waals surface area contributed by atoms with Gasteiger partial charge in [-0.25, -0.2) is 4.68 Å². The molecular weight excluding hydrogens is 200 g/mol. The number of aromatic amines is 1. The highest BCUT2D eigenvalue weighted by Crippen LogP contribution is 2.15. The Kier molecular flexibility index (Phi) is 2.69. The number of hydrogen-bond acceptors (Lipinski definition) is 1. The molecule has 3 nitrogen and oxygen atoms in total. The van der Waals surface area contributed by atoms with Crippen LogP contribution in [0.15, 0.2) is 35.3 Å². The van der Waals surface area contributed by atoms with Gasteiger partial charge in [-0.1, -0.05) is 26.0 Å². The SMILES string of the molecule is Cc1c[nH]n(-c2ccc(C(C)C)cc2)c1=O. The van der Waals surface area contributed by atoms with Gasteiger partial charge in [0, 0.05) is 11.8 Å². The van der Waals surface area contributed by atoms with E-state index in [1.807, 2.05) is 12.1 Å². The predicted octanol–water partition coefficient (Wildman–Crippen LogP) is 2.60. The van der Waals surface area contributed by atoms with Crippen LogP contribution in [-0.4, -0.2) is 9.78 Å². The molecule has 0 spiro atoms. The third-order valence-electron chi connectivity index (χ3n) is 2.77. The Morgan fingerprint density at radius 2 is 1.81 bits per heavy atom. The quantitative estimate of drug-likeness (QED) is 0.823. The number of hydrogen-bond donors (Lipinski definition) is 1. The molecule has 0 aliphatic rings. The average Bonchev–Trinajstić information content (AvgIpc) is 2.60. The number of nitrogens with one attached hydrogen (secondary N) is 1. The molecule has 0 aliphatic heterocycles. The first kappa shape index (κ1) is 10.7. The monoisotopic (exact) mass is 216 g/mol. The van der Waals surface area contributed by atoms with E-state index in [9.17, 15) is 4.79 Å². The second kappa shape index (κ2) is 4.00. The van der Waals surface area contributed by atoms with Crippen molar-refractivity contribution < 1.29 is 0 Å². The summed E-state index contributed by atoms with van der Waals surface area (Å²) in [5, 5.41) is 2.94. The van der Waals surface area contributed by atoms with Gasteiger partial charge in [0.2, 0.25) is 0 Å². The number of rotatable bonds is 2. The first-order chi connectivity index (χ1) is 7.59. The zero-order valence-electron chi connectivity index (χ0n) is 9.82. The van der Waals surface area contributed by atoms with E-state index in [1.165, 1.54) is 5.56 Å². The summed E-state index contributed by atoms with van der Waals surface area (Å²) in [6.45, 7) is 6.11. The maximum atomic E-state index is 11.7. The van der Waals surface area contributed by atoms with E-state index in [0.717, 1.165) is 11.3 Å². The lowest BCUT2D eigenvalue weighted by Gasteiger charge is -2.06. The second-order valence-electron chi connectivity index (χ2n) is 4.34. The fraction of sp³-hybridized carbons (Fsp3) is 0.308. The highest BCUT2D eigenvalue weighted by Gasteiger charge is 2.04. The van der Waals surface area contributed by atoms with Gasteiger partial charge >= 0.3 is 0 Å². The minimum Gasteiger partial charge on any atom is -0.298 e. The van der Waals surface area contributed by atoms with Crippen molar-refractivity contribution >= 4 is 0 Å². The van der Waals surface area contributed by atoms with Gasteiger partial charge in [-0.15, -0.1) is 0 Å². The summed E-state index contributed by atoms with van der Waals surface area (Å²) in [5.41, 5.74) is 2.90. The molecule has 3 heteroatoms. The third-order valence-corrected chi connectivity index (χ3v) is 2.77. The Morgan fingerprint density at radius 1 is 1.19 bits per heavy atom. The Balaban J connectivity index is 2.43. The molecule has 0 amide bonds. The zero-order valence-corrected chi connectivity index (χ0v) is 9.82. The van der Waals surface area contributed by atoms with Crippen LogP contribution in [0, 0.1) is 6.92 Å². The molecule has 1 N–H and O–H groups in total. The molecule has 84 valence electrons. The van der Waals surface area contributed by atoms with Crippen molar-refractivity contribution in [3.8, 4) is 5.69 Å². The van der Waals surface area contributed by atoms with Crippen LogP contribution < -0.4 is 5.56 Å². The Hall–Kier alpha value is -1.77. The summed E-state index contributed by atoms with van der Waals surface area (Å²) in [4.78, 5) is 11.7. The minimum absolute atomic E-state index is 0.0114. The van der Waals surface area contributed by atoms with Crippen LogP contribution in [0.5, 0.6) is 0 Å². The Bertz CT molecular complexity index is 532. The summed E-state index contributed by atoms with van der Waals surface area (Å²) in [5.74, 6) is 0.510. The standard InChI is InChI=1S/C13H16N2O/c1-9(2)11-4-6-12(7-5-11)15-13(16)10(3)8-14-15/h4-9,14H,1-3H3. The predicted molar refractivity (Wildman–Crippen MR) is 65.2 cm³/mol. The van der Waals surface area contributed by atoms with E-state index in [4.69, 9.17) is 0 Å². The molecule has 2 rings (SSSR count). The molecule has 2 aromatic rings. The molecule has 0 atom stereocenters. The van der Waals surface area contributed by atoms with Crippen molar-refractivity contribution in [1.29, 1.82) is 0 Å². The maximum Gasteiger partial charge on any atom is 0.274 e. The van der Waals surface area contributed by atoms with Gasteiger partial charge in [-0.3, -0.25) is 9.89 Å². The lowest BCUT2D eigenvalue weighted by Crippen LogP contribution is -2.15. The number of aromatic nitrogens is 2. The lowest BCUT2D eigenvalue weighted by atomic mass is 10.0. The van der Waals surface area contributed by atoms with E-state index in [-0.39, 0.29) is 5.56 Å². The van der Waals surface area contributed by atoms with Crippen molar-refractivity contribution in [2.75, 3.05) is 0 Å². The summed E-state index contributed by atoms with van der Waals surface area (Å²) >= 11 is 0. The van der Waals surface area contributed by atoms with Crippen molar-refractivity contribution in [2.45, 2.75) is 26.7 Å². The lowest BCUT2D eigenvalue weighted by molar-refractivity contribution is 0.837. The summed E-state index contributed by atoms with van der Waals surface area (Å²) in [7, 11) is 0. The topological polar surface area (TPSA) is 37.8 Å². The second-order valence-corrected chi connectivity index (χ2v) is 4.34. The highest BCUT2D eigenvalue weighted by atomic mass is 16.1. The fourth-order valence-corrected chi connectivity index (χ4v) is 1.66. The van der Waals surface area contributed by atoms with Gasteiger partial charge < -0.3 is 0 Å². The van der Waals surface area contributed by atoms with Crippen LogP contribution in [-0.2, 0) is 0 Å². The normalized spacial score (nSPS) is 11.0. The largest absolute Gasteiger partial charge is 0.298 e. The van der Waals surface area contributed by atoms with E-state index in [1.54, 1.807) is 17.8 Å². The molecule has 0 saturated carbocycles. The van der Waals surface area contributed by atoms with Gasteiger partial charge in [-0.2, -0.15) is 0 Å². The van der Waals surface area contributed by atoms with E-state index in [2.05, 4.69) is 31.1 Å². The van der Waals surface area contributed by atoms with Crippen molar-refractivity contribution in [3.63, 3.8) is 0 Å². The summed E-state index contributed by atoms with van der Waals surface area (Å²) in [6.07, 6.45) is 1.72. The smallest absolute Gasteiger partial charge is 0.274 e. The van der Waals surface area contributed by atoms with E-state index in [0.29, 0.717) is 5.92 Å². The molecule has 16 heavy (non-hydrogen) atoms. The molecule has 1 aromatic heterocycles. The Morgan fingerprint density at radius 3 is 2.25 bits per heavy atom. The molecular formula is C13H16N2O. The number of aryl methyl sites for hydroxylation is 1. The first-order valence-corrected chi connectivity index (χ1v) is 5.47. The van der Waals surface area contributed by atoms with Crippen molar-refractivity contribution in [2.24, 2.45) is 0 Å². The maximum absolute atomic E-state index is 11.7. The van der Waals surface area contributed by atoms with Gasteiger partial charge in [0.1, 0.15) is 0 Å². The highest BCUT2D eigenvalue weighted by molar-refractivity contribution is 5.35. The van der Waals surface area contributed by atoms with Crippen molar-refractivity contribution in [1.82, 2.24) is 9.78 Å². The number of benzene rings is 1. The molecule has 0 fully saturated rings. The van der Waals surface area contributed by atoms with Crippen LogP contribution in [0.4, 0.5) is 0 Å². The molecule has 1 heterocycles. The third kappa shape index (κ3) is 1.81. The van der Waals surface area contributed by atoms with Gasteiger partial charge in [0.25, 0.3) is 5.56 Å². The van der Waals surface area contributed by atoms with Gasteiger partial charge in [0.15, 0.2) is 0 Å². The summed E-state index contributed by atoms with van der Waals surface area (Å²) < 4.78 is 1.56. The molecule has 0 saturated heterocycles. The molecule has 1 aromatic carbocycles. The zero-order chi connectivity index (χ0) is 11.7. The van der Waals surface area contributed by atoms with Crippen LogP contribution in [0.1, 0.15) is 30.9 Å². The summed E-state index contributed by atoms with van der Waals surface area (Å²) in [6, 6.07) is 8.05. The average molecular weight is 216 g/mol. The van der Waals surface area contributed by atoms with Crippen LogP contribution in [0.2, 0.25) is 0 Å². The van der Waals surface area contributed by atoms with Crippen LogP contribution in [0.25, 0.3) is 5.69 Å². The fourth-order valence-electron chi connectivity index (χ4n) is 1.66. The minimum atomic E-state index is 0.0114. The molecule has 0 radical (unpaired) electrons. The number of H-pyrrole nitrogens is 1.